The van der Waals surface area contributed by atoms with Gasteiger partial charge in [-0.2, -0.15) is 17.6 Å². The molecule has 0 nitrogen and oxygen atoms in total. The minimum atomic E-state index is -3.63. The first kappa shape index (κ1) is 12.1. The molecule has 1 aliphatic carbocycles. The SMILES string of the molecule is Fc1ccc2c(c1)C(F)(F)c1ccccc1C2(F)F. The predicted octanol–water partition coefficient (Wildman–Crippen LogP) is 4.42. The maximum Gasteiger partial charge on any atom is 0.299 e. The van der Waals surface area contributed by atoms with Crippen LogP contribution in [0.25, 0.3) is 0 Å². The van der Waals surface area contributed by atoms with E-state index in [1.54, 1.807) is 0 Å². The van der Waals surface area contributed by atoms with E-state index in [9.17, 15) is 22.0 Å². The van der Waals surface area contributed by atoms with Crippen LogP contribution in [0, 0.1) is 5.82 Å². The molecule has 19 heavy (non-hydrogen) atoms. The van der Waals surface area contributed by atoms with Crippen LogP contribution in [-0.2, 0) is 11.8 Å². The fraction of sp³-hybridized carbons (Fsp3) is 0.143. The summed E-state index contributed by atoms with van der Waals surface area (Å²) >= 11 is 0. The van der Waals surface area contributed by atoms with Gasteiger partial charge in [0, 0.05) is 22.3 Å². The molecule has 0 N–H and O–H groups in total. The van der Waals surface area contributed by atoms with E-state index in [-0.39, 0.29) is 0 Å². The number of rotatable bonds is 0. The molecule has 0 saturated carbocycles. The highest BCUT2D eigenvalue weighted by Crippen LogP contribution is 2.52. The monoisotopic (exact) mass is 270 g/mol. The molecule has 1 aliphatic rings. The van der Waals surface area contributed by atoms with Crippen LogP contribution < -0.4 is 0 Å². The number of hydrogen-bond acceptors (Lipinski definition) is 0. The molecule has 2 aromatic carbocycles. The highest BCUT2D eigenvalue weighted by atomic mass is 19.3. The maximum absolute atomic E-state index is 14.2. The molecule has 0 amide bonds. The average Bonchev–Trinajstić information content (AvgIpc) is 2.37. The van der Waals surface area contributed by atoms with E-state index < -0.39 is 39.9 Å². The second-order valence-corrected chi connectivity index (χ2v) is 4.38. The van der Waals surface area contributed by atoms with Crippen LogP contribution in [0.5, 0.6) is 0 Å². The van der Waals surface area contributed by atoms with Gasteiger partial charge in [0.25, 0.3) is 11.8 Å². The highest BCUT2D eigenvalue weighted by Gasteiger charge is 2.53. The minimum Gasteiger partial charge on any atom is -0.207 e. The summed E-state index contributed by atoms with van der Waals surface area (Å²) in [6, 6.07) is 6.39. The van der Waals surface area contributed by atoms with Crippen LogP contribution in [0.2, 0.25) is 0 Å². The van der Waals surface area contributed by atoms with Gasteiger partial charge in [-0.25, -0.2) is 4.39 Å². The molecule has 0 saturated heterocycles. The van der Waals surface area contributed by atoms with Gasteiger partial charge < -0.3 is 0 Å². The number of fused-ring (bicyclic) bond motifs is 2. The number of hydrogen-bond donors (Lipinski definition) is 0. The van der Waals surface area contributed by atoms with Gasteiger partial charge in [-0.15, -0.1) is 0 Å². The molecule has 0 aliphatic heterocycles. The largest absolute Gasteiger partial charge is 0.299 e. The zero-order valence-corrected chi connectivity index (χ0v) is 9.43. The molecule has 0 fully saturated rings. The third-order valence-electron chi connectivity index (χ3n) is 3.26. The van der Waals surface area contributed by atoms with Gasteiger partial charge in [-0.1, -0.05) is 24.3 Å². The van der Waals surface area contributed by atoms with Gasteiger partial charge in [-0.05, 0) is 18.2 Å². The van der Waals surface area contributed by atoms with Gasteiger partial charge in [0.15, 0.2) is 0 Å². The normalized spacial score (nSPS) is 18.6. The van der Waals surface area contributed by atoms with Crippen molar-refractivity contribution in [3.8, 4) is 0 Å². The molecule has 3 rings (SSSR count). The predicted molar refractivity (Wildman–Crippen MR) is 58.8 cm³/mol. The molecular formula is C14H7F5. The lowest BCUT2D eigenvalue weighted by Gasteiger charge is -2.33. The van der Waals surface area contributed by atoms with E-state index in [4.69, 9.17) is 0 Å². The summed E-state index contributed by atoms with van der Waals surface area (Å²) < 4.78 is 69.9. The standard InChI is InChI=1S/C14H7F5/c15-8-5-6-11-12(7-8)14(18,19)10-4-2-1-3-9(10)13(11,16)17/h1-7H. The summed E-state index contributed by atoms with van der Waals surface area (Å²) in [5.74, 6) is -8.15. The Kier molecular flexibility index (Phi) is 2.27. The lowest BCUT2D eigenvalue weighted by molar-refractivity contribution is -0.0117. The fourth-order valence-electron chi connectivity index (χ4n) is 2.37. The van der Waals surface area contributed by atoms with E-state index in [1.807, 2.05) is 0 Å². The molecule has 98 valence electrons. The van der Waals surface area contributed by atoms with Crippen molar-refractivity contribution < 1.29 is 22.0 Å². The Labute approximate surface area is 105 Å². The van der Waals surface area contributed by atoms with Crippen LogP contribution in [-0.4, -0.2) is 0 Å². The van der Waals surface area contributed by atoms with Crippen molar-refractivity contribution >= 4 is 0 Å². The summed E-state index contributed by atoms with van der Waals surface area (Å²) in [6.45, 7) is 0. The third kappa shape index (κ3) is 1.50. The maximum atomic E-state index is 14.2. The van der Waals surface area contributed by atoms with Crippen LogP contribution in [0.4, 0.5) is 22.0 Å². The summed E-state index contributed by atoms with van der Waals surface area (Å²) in [7, 11) is 0. The van der Waals surface area contributed by atoms with Crippen molar-refractivity contribution in [2.75, 3.05) is 0 Å². The Morgan fingerprint density at radius 1 is 0.632 bits per heavy atom. The number of benzene rings is 2. The van der Waals surface area contributed by atoms with Crippen LogP contribution in [0.3, 0.4) is 0 Å². The summed E-state index contributed by atoms with van der Waals surface area (Å²) in [4.78, 5) is 0. The van der Waals surface area contributed by atoms with E-state index in [0.29, 0.717) is 12.1 Å². The third-order valence-corrected chi connectivity index (χ3v) is 3.26. The molecule has 5 heteroatoms. The Hall–Kier alpha value is -1.91. The van der Waals surface area contributed by atoms with Gasteiger partial charge in [0.05, 0.1) is 0 Å². The summed E-state index contributed by atoms with van der Waals surface area (Å²) in [5, 5.41) is 0. The molecule has 0 unspecified atom stereocenters. The van der Waals surface area contributed by atoms with Crippen molar-refractivity contribution in [3.63, 3.8) is 0 Å². The van der Waals surface area contributed by atoms with Crippen molar-refractivity contribution in [2.24, 2.45) is 0 Å². The summed E-state index contributed by atoms with van der Waals surface area (Å²) in [6.07, 6.45) is 0. The van der Waals surface area contributed by atoms with Crippen molar-refractivity contribution in [2.45, 2.75) is 11.8 Å². The summed E-state index contributed by atoms with van der Waals surface area (Å²) in [5.41, 5.74) is -3.34. The lowest BCUT2D eigenvalue weighted by atomic mass is 9.80. The first-order valence-electron chi connectivity index (χ1n) is 5.51. The Balaban J connectivity index is 2.40. The smallest absolute Gasteiger partial charge is 0.207 e. The van der Waals surface area contributed by atoms with Crippen molar-refractivity contribution in [1.82, 2.24) is 0 Å². The second kappa shape index (κ2) is 3.56. The van der Waals surface area contributed by atoms with Crippen LogP contribution in [0.15, 0.2) is 42.5 Å². The van der Waals surface area contributed by atoms with Crippen molar-refractivity contribution in [1.29, 1.82) is 0 Å². The first-order valence-corrected chi connectivity index (χ1v) is 5.51. The molecular weight excluding hydrogens is 263 g/mol. The van der Waals surface area contributed by atoms with Gasteiger partial charge >= 0.3 is 0 Å². The minimum absolute atomic E-state index is 0.471. The second-order valence-electron chi connectivity index (χ2n) is 4.38. The van der Waals surface area contributed by atoms with Crippen molar-refractivity contribution in [3.05, 3.63) is 70.5 Å². The molecule has 0 heterocycles. The van der Waals surface area contributed by atoms with E-state index >= 15 is 0 Å². The lowest BCUT2D eigenvalue weighted by Crippen LogP contribution is -2.33. The molecule has 0 aromatic heterocycles. The van der Waals surface area contributed by atoms with Crippen LogP contribution >= 0.6 is 0 Å². The molecule has 0 atom stereocenters. The number of alkyl halides is 4. The highest BCUT2D eigenvalue weighted by molar-refractivity contribution is 5.54. The quantitative estimate of drug-likeness (QED) is 0.622. The molecule has 0 spiro atoms. The fourth-order valence-corrected chi connectivity index (χ4v) is 2.37. The Morgan fingerprint density at radius 3 is 1.68 bits per heavy atom. The van der Waals surface area contributed by atoms with E-state index in [2.05, 4.69) is 0 Å². The van der Waals surface area contributed by atoms with Gasteiger partial charge in [0.2, 0.25) is 0 Å². The first-order chi connectivity index (χ1) is 8.85. The average molecular weight is 270 g/mol. The Bertz CT molecular complexity index is 661. The molecule has 2 aromatic rings. The molecule has 0 radical (unpaired) electrons. The zero-order chi connectivity index (χ0) is 13.8. The van der Waals surface area contributed by atoms with E-state index in [1.165, 1.54) is 12.1 Å². The Morgan fingerprint density at radius 2 is 1.11 bits per heavy atom. The topological polar surface area (TPSA) is 0 Å². The van der Waals surface area contributed by atoms with Crippen LogP contribution in [0.1, 0.15) is 22.3 Å². The molecule has 0 bridgehead atoms. The number of halogens is 5. The van der Waals surface area contributed by atoms with Gasteiger partial charge in [-0.3, -0.25) is 0 Å². The zero-order valence-electron chi connectivity index (χ0n) is 9.43. The van der Waals surface area contributed by atoms with E-state index in [0.717, 1.165) is 18.2 Å². The van der Waals surface area contributed by atoms with Gasteiger partial charge in [0.1, 0.15) is 5.82 Å².